The van der Waals surface area contributed by atoms with Crippen LogP contribution in [0.4, 0.5) is 0 Å². The van der Waals surface area contributed by atoms with Crippen molar-refractivity contribution in [3.63, 3.8) is 0 Å². The molecule has 0 aliphatic heterocycles. The van der Waals surface area contributed by atoms with E-state index in [1.807, 2.05) is 0 Å². The fraction of sp³-hybridized carbons (Fsp3) is 0.931. The van der Waals surface area contributed by atoms with Gasteiger partial charge in [0, 0.05) is 25.7 Å². The number of phosphoric acid groups is 2. The maximum absolute atomic E-state index is 12.9. The monoisotopic (exact) mass is 1140 g/mol. The first-order chi connectivity index (χ1) is 37.0. The fourth-order valence-corrected chi connectivity index (χ4v) is 10.1. The zero-order valence-electron chi connectivity index (χ0n) is 49.1. The predicted molar refractivity (Wildman–Crippen MR) is 303 cm³/mol. The smallest absolute Gasteiger partial charge is 0.462 e. The van der Waals surface area contributed by atoms with E-state index in [4.69, 9.17) is 37.0 Å². The average Bonchev–Trinajstić information content (AvgIpc) is 3.39. The van der Waals surface area contributed by atoms with Crippen LogP contribution in [0.25, 0.3) is 0 Å². The molecule has 19 heteroatoms. The van der Waals surface area contributed by atoms with E-state index in [-0.39, 0.29) is 25.7 Å². The highest BCUT2D eigenvalue weighted by molar-refractivity contribution is 7.47. The second kappa shape index (κ2) is 52.2. The number of aliphatic hydroxyl groups is 1. The van der Waals surface area contributed by atoms with Crippen LogP contribution in [0.3, 0.4) is 0 Å². The molecule has 77 heavy (non-hydrogen) atoms. The topological polar surface area (TPSA) is 237 Å². The lowest BCUT2D eigenvalue weighted by Gasteiger charge is -2.21. The van der Waals surface area contributed by atoms with Gasteiger partial charge in [-0.1, -0.05) is 234 Å². The predicted octanol–water partition coefficient (Wildman–Crippen LogP) is 15.5. The minimum Gasteiger partial charge on any atom is -0.462 e. The molecule has 0 fully saturated rings. The molecule has 5 atom stereocenters. The van der Waals surface area contributed by atoms with E-state index in [0.717, 1.165) is 116 Å². The van der Waals surface area contributed by atoms with Crippen LogP contribution in [0.15, 0.2) is 0 Å². The van der Waals surface area contributed by atoms with Crippen molar-refractivity contribution in [1.29, 1.82) is 0 Å². The summed E-state index contributed by atoms with van der Waals surface area (Å²) in [5.41, 5.74) is 0. The molecule has 0 spiro atoms. The summed E-state index contributed by atoms with van der Waals surface area (Å²) in [4.78, 5) is 71.5. The highest BCUT2D eigenvalue weighted by atomic mass is 31.2. The molecule has 456 valence electrons. The summed E-state index contributed by atoms with van der Waals surface area (Å²) in [7, 11) is -9.86. The number of carbonyl (C=O) groups is 4. The SMILES string of the molecule is CCCCCCCCCCCCCCCCCCC(=O)O[C@H](COC(=O)CCCCCCCCC(C)C)COP(=O)(O)OC[C@@H](O)COP(=O)(O)OC[C@@H](COC(=O)CCCCCCC)OC(=O)CCCCCCCCC. The first kappa shape index (κ1) is 75.1. The van der Waals surface area contributed by atoms with E-state index >= 15 is 0 Å². The lowest BCUT2D eigenvalue weighted by atomic mass is 10.0. The number of unbranched alkanes of at least 4 members (excludes halogenated alkanes) is 30. The number of esters is 4. The zero-order chi connectivity index (χ0) is 57.1. The lowest BCUT2D eigenvalue weighted by molar-refractivity contribution is -0.161. The summed E-state index contributed by atoms with van der Waals surface area (Å²) >= 11 is 0. The largest absolute Gasteiger partial charge is 0.472 e. The van der Waals surface area contributed by atoms with Gasteiger partial charge in [-0.05, 0) is 31.6 Å². The molecule has 0 aromatic rings. The minimum absolute atomic E-state index is 0.103. The van der Waals surface area contributed by atoms with E-state index in [1.165, 1.54) is 83.5 Å². The van der Waals surface area contributed by atoms with Crippen LogP contribution in [0, 0.1) is 5.92 Å². The second-order valence-corrected chi connectivity index (χ2v) is 24.4. The molecule has 0 radical (unpaired) electrons. The molecule has 0 saturated carbocycles. The molecule has 0 aliphatic carbocycles. The standard InChI is InChI=1S/C58H112O17P2/c1-6-9-12-15-17-18-19-20-21-22-23-24-25-27-34-39-44-58(63)75-54(48-69-56(61)42-37-32-29-28-31-35-40-51(4)5)50-73-77(66,67)71-46-52(59)45-70-76(64,65)72-49-53(47-68-55(60)41-36-30-14-11-8-3)74-57(62)43-38-33-26-16-13-10-7-2/h51-54,59H,6-50H2,1-5H3,(H,64,65)(H,66,67)/t52-,53+,54+/m0/s1. The summed E-state index contributed by atoms with van der Waals surface area (Å²) in [6.45, 7) is 6.94. The van der Waals surface area contributed by atoms with E-state index in [2.05, 4.69) is 34.6 Å². The number of rotatable bonds is 58. The Bertz CT molecular complexity index is 1520. The first-order valence-electron chi connectivity index (χ1n) is 30.6. The maximum Gasteiger partial charge on any atom is 0.472 e. The molecular weight excluding hydrogens is 1030 g/mol. The van der Waals surface area contributed by atoms with E-state index in [1.54, 1.807) is 0 Å². The van der Waals surface area contributed by atoms with Gasteiger partial charge in [-0.3, -0.25) is 37.3 Å². The Labute approximate surface area is 467 Å². The van der Waals surface area contributed by atoms with Crippen LogP contribution < -0.4 is 0 Å². The Balaban J connectivity index is 5.12. The number of phosphoric ester groups is 2. The van der Waals surface area contributed by atoms with Crippen LogP contribution in [-0.2, 0) is 65.4 Å². The highest BCUT2D eigenvalue weighted by Crippen LogP contribution is 2.45. The van der Waals surface area contributed by atoms with Crippen molar-refractivity contribution in [2.75, 3.05) is 39.6 Å². The van der Waals surface area contributed by atoms with Crippen molar-refractivity contribution >= 4 is 39.5 Å². The van der Waals surface area contributed by atoms with Gasteiger partial charge >= 0.3 is 39.5 Å². The normalized spacial score (nSPS) is 14.4. The lowest BCUT2D eigenvalue weighted by Crippen LogP contribution is -2.30. The number of hydrogen-bond acceptors (Lipinski definition) is 15. The molecule has 0 heterocycles. The molecule has 17 nitrogen and oxygen atoms in total. The Kier molecular flexibility index (Phi) is 50.8. The fourth-order valence-electron chi connectivity index (χ4n) is 8.52. The number of ether oxygens (including phenoxy) is 4. The van der Waals surface area contributed by atoms with E-state index in [9.17, 15) is 43.2 Å². The van der Waals surface area contributed by atoms with Gasteiger partial charge in [0.25, 0.3) is 0 Å². The number of hydrogen-bond donors (Lipinski definition) is 3. The molecule has 0 saturated heterocycles. The summed E-state index contributed by atoms with van der Waals surface area (Å²) in [5, 5.41) is 10.5. The molecule has 0 aliphatic rings. The quantitative estimate of drug-likeness (QED) is 0.0222. The van der Waals surface area contributed by atoms with Gasteiger partial charge < -0.3 is 33.8 Å². The Morgan fingerprint density at radius 2 is 0.597 bits per heavy atom. The third-order valence-electron chi connectivity index (χ3n) is 13.3. The molecule has 0 bridgehead atoms. The van der Waals surface area contributed by atoms with Gasteiger partial charge in [-0.15, -0.1) is 0 Å². The van der Waals surface area contributed by atoms with Gasteiger partial charge in [-0.25, -0.2) is 9.13 Å². The summed E-state index contributed by atoms with van der Waals surface area (Å²) in [6.07, 6.45) is 34.1. The van der Waals surface area contributed by atoms with Gasteiger partial charge in [0.2, 0.25) is 0 Å². The van der Waals surface area contributed by atoms with E-state index in [0.29, 0.717) is 31.6 Å². The van der Waals surface area contributed by atoms with Gasteiger partial charge in [0.1, 0.15) is 19.3 Å². The van der Waals surface area contributed by atoms with Gasteiger partial charge in [-0.2, -0.15) is 0 Å². The van der Waals surface area contributed by atoms with Crippen LogP contribution in [0.2, 0.25) is 0 Å². The van der Waals surface area contributed by atoms with Crippen molar-refractivity contribution < 1.29 is 80.2 Å². The molecule has 3 N–H and O–H groups in total. The van der Waals surface area contributed by atoms with Gasteiger partial charge in [0.05, 0.1) is 26.4 Å². The Hall–Kier alpha value is -1.94. The van der Waals surface area contributed by atoms with Crippen molar-refractivity contribution in [2.24, 2.45) is 5.92 Å². The van der Waals surface area contributed by atoms with Gasteiger partial charge in [0.15, 0.2) is 12.2 Å². The molecular formula is C58H112O17P2. The molecule has 0 amide bonds. The number of aliphatic hydroxyl groups excluding tert-OH is 1. The molecule has 2 unspecified atom stereocenters. The third-order valence-corrected chi connectivity index (χ3v) is 15.2. The minimum atomic E-state index is -4.93. The molecule has 0 aromatic heterocycles. The first-order valence-corrected chi connectivity index (χ1v) is 33.6. The second-order valence-electron chi connectivity index (χ2n) is 21.5. The summed E-state index contributed by atoms with van der Waals surface area (Å²) < 4.78 is 67.4. The zero-order valence-corrected chi connectivity index (χ0v) is 50.9. The maximum atomic E-state index is 12.9. The van der Waals surface area contributed by atoms with Crippen LogP contribution >= 0.6 is 15.6 Å². The summed E-state index contributed by atoms with van der Waals surface area (Å²) in [5.74, 6) is -1.48. The van der Waals surface area contributed by atoms with Crippen LogP contribution in [0.5, 0.6) is 0 Å². The van der Waals surface area contributed by atoms with Crippen molar-refractivity contribution in [3.05, 3.63) is 0 Å². The number of carbonyl (C=O) groups excluding carboxylic acids is 4. The third kappa shape index (κ3) is 53.2. The Morgan fingerprint density at radius 1 is 0.351 bits per heavy atom. The average molecular weight is 1140 g/mol. The highest BCUT2D eigenvalue weighted by Gasteiger charge is 2.30. The Morgan fingerprint density at radius 3 is 0.883 bits per heavy atom. The van der Waals surface area contributed by atoms with Crippen LogP contribution in [-0.4, -0.2) is 96.7 Å². The van der Waals surface area contributed by atoms with Crippen molar-refractivity contribution in [2.45, 2.75) is 303 Å². The molecule has 0 aromatic carbocycles. The van der Waals surface area contributed by atoms with Crippen molar-refractivity contribution in [3.8, 4) is 0 Å². The molecule has 0 rings (SSSR count). The van der Waals surface area contributed by atoms with Crippen molar-refractivity contribution in [1.82, 2.24) is 0 Å². The van der Waals surface area contributed by atoms with Crippen LogP contribution in [0.1, 0.15) is 285 Å². The van der Waals surface area contributed by atoms with E-state index < -0.39 is 97.5 Å². The summed E-state index contributed by atoms with van der Waals surface area (Å²) in [6, 6.07) is 0.